The number of carbonyl (C=O) groups excluding carboxylic acids is 1. The third kappa shape index (κ3) is 3.20. The molecule has 15 heavy (non-hydrogen) atoms. The Balaban J connectivity index is 1.66. The zero-order chi connectivity index (χ0) is 10.7. The Labute approximate surface area is 91.5 Å². The molecule has 0 unspecified atom stereocenters. The summed E-state index contributed by atoms with van der Waals surface area (Å²) in [6, 6.07) is 0. The van der Waals surface area contributed by atoms with Crippen molar-refractivity contribution in [1.82, 2.24) is 4.90 Å². The molecule has 1 N–H and O–H groups in total. The minimum absolute atomic E-state index is 0.282. The largest absolute Gasteiger partial charge is 0.396 e. The number of likely N-dealkylation sites (tertiary alicyclic amines) is 1. The van der Waals surface area contributed by atoms with Crippen LogP contribution in [0.3, 0.4) is 0 Å². The Hall–Kier alpha value is -0.570. The molecule has 3 nitrogen and oxygen atoms in total. The molecule has 1 saturated carbocycles. The third-order valence-electron chi connectivity index (χ3n) is 3.69. The van der Waals surface area contributed by atoms with Crippen LogP contribution in [0.25, 0.3) is 0 Å². The van der Waals surface area contributed by atoms with E-state index in [1.807, 2.05) is 4.90 Å². The van der Waals surface area contributed by atoms with E-state index in [2.05, 4.69) is 0 Å². The summed E-state index contributed by atoms with van der Waals surface area (Å²) in [6.07, 6.45) is 6.46. The van der Waals surface area contributed by atoms with Crippen molar-refractivity contribution in [3.63, 3.8) is 0 Å². The highest BCUT2D eigenvalue weighted by Crippen LogP contribution is 2.33. The molecule has 0 aromatic heterocycles. The number of rotatable bonds is 4. The predicted molar refractivity (Wildman–Crippen MR) is 58.3 cm³/mol. The zero-order valence-corrected chi connectivity index (χ0v) is 9.32. The first-order valence-electron chi connectivity index (χ1n) is 6.18. The average molecular weight is 211 g/mol. The molecule has 0 bridgehead atoms. The van der Waals surface area contributed by atoms with Gasteiger partial charge in [-0.1, -0.05) is 12.8 Å². The highest BCUT2D eigenvalue weighted by molar-refractivity contribution is 5.76. The van der Waals surface area contributed by atoms with Gasteiger partial charge in [0.1, 0.15) is 0 Å². The lowest BCUT2D eigenvalue weighted by atomic mass is 9.97. The minimum atomic E-state index is 0.282. The molecule has 2 fully saturated rings. The van der Waals surface area contributed by atoms with Crippen molar-refractivity contribution in [3.8, 4) is 0 Å². The van der Waals surface area contributed by atoms with Crippen LogP contribution in [0.2, 0.25) is 0 Å². The Morgan fingerprint density at radius 3 is 2.33 bits per heavy atom. The molecule has 86 valence electrons. The summed E-state index contributed by atoms with van der Waals surface area (Å²) in [5.74, 6) is 1.61. The number of amides is 1. The number of aliphatic hydroxyl groups is 1. The van der Waals surface area contributed by atoms with E-state index >= 15 is 0 Å². The van der Waals surface area contributed by atoms with Crippen LogP contribution in [0.5, 0.6) is 0 Å². The summed E-state index contributed by atoms with van der Waals surface area (Å²) < 4.78 is 0. The molecule has 3 heteroatoms. The van der Waals surface area contributed by atoms with Crippen molar-refractivity contribution in [3.05, 3.63) is 0 Å². The van der Waals surface area contributed by atoms with Crippen LogP contribution in [-0.2, 0) is 4.79 Å². The molecule has 0 radical (unpaired) electrons. The first-order valence-corrected chi connectivity index (χ1v) is 6.18. The molecule has 1 saturated heterocycles. The number of piperidine rings is 1. The zero-order valence-electron chi connectivity index (χ0n) is 9.32. The van der Waals surface area contributed by atoms with Gasteiger partial charge < -0.3 is 10.0 Å². The van der Waals surface area contributed by atoms with E-state index in [-0.39, 0.29) is 6.61 Å². The fourth-order valence-corrected chi connectivity index (χ4v) is 2.26. The quantitative estimate of drug-likeness (QED) is 0.763. The average Bonchev–Trinajstić information content (AvgIpc) is 3.10. The van der Waals surface area contributed by atoms with Crippen molar-refractivity contribution in [1.29, 1.82) is 0 Å². The molecule has 2 aliphatic rings. The normalized spacial score (nSPS) is 23.1. The SMILES string of the molecule is O=C(CCC1CC1)N1CCC(CO)CC1. The maximum Gasteiger partial charge on any atom is 0.222 e. The van der Waals surface area contributed by atoms with Crippen LogP contribution >= 0.6 is 0 Å². The molecule has 0 spiro atoms. The van der Waals surface area contributed by atoms with Gasteiger partial charge in [-0.25, -0.2) is 0 Å². The Bertz CT molecular complexity index is 218. The third-order valence-corrected chi connectivity index (χ3v) is 3.69. The monoisotopic (exact) mass is 211 g/mol. The van der Waals surface area contributed by atoms with E-state index in [9.17, 15) is 4.79 Å². The van der Waals surface area contributed by atoms with Crippen LogP contribution in [0.1, 0.15) is 38.5 Å². The van der Waals surface area contributed by atoms with Gasteiger partial charge in [0.2, 0.25) is 5.91 Å². The second-order valence-electron chi connectivity index (χ2n) is 4.99. The molecule has 2 rings (SSSR count). The number of nitrogens with zero attached hydrogens (tertiary/aromatic N) is 1. The molecular weight excluding hydrogens is 190 g/mol. The van der Waals surface area contributed by atoms with Crippen molar-refractivity contribution in [2.24, 2.45) is 11.8 Å². The summed E-state index contributed by atoms with van der Waals surface area (Å²) >= 11 is 0. The van der Waals surface area contributed by atoms with Gasteiger partial charge in [0.15, 0.2) is 0 Å². The lowest BCUT2D eigenvalue weighted by molar-refractivity contribution is -0.133. The first kappa shape index (κ1) is 10.9. The van der Waals surface area contributed by atoms with E-state index in [1.54, 1.807) is 0 Å². The smallest absolute Gasteiger partial charge is 0.222 e. The van der Waals surface area contributed by atoms with Gasteiger partial charge in [-0.3, -0.25) is 4.79 Å². The molecule has 0 aromatic rings. The number of carbonyl (C=O) groups is 1. The summed E-state index contributed by atoms with van der Waals surface area (Å²) in [7, 11) is 0. The standard InChI is InChI=1S/C12H21NO2/c14-9-11-5-7-13(8-6-11)12(15)4-3-10-1-2-10/h10-11,14H,1-9H2. The Kier molecular flexibility index (Phi) is 3.62. The lowest BCUT2D eigenvalue weighted by Crippen LogP contribution is -2.39. The summed E-state index contributed by atoms with van der Waals surface area (Å²) in [5.41, 5.74) is 0. The van der Waals surface area contributed by atoms with Crippen LogP contribution in [0.4, 0.5) is 0 Å². The van der Waals surface area contributed by atoms with E-state index in [0.717, 1.165) is 44.7 Å². The minimum Gasteiger partial charge on any atom is -0.396 e. The van der Waals surface area contributed by atoms with Crippen molar-refractivity contribution < 1.29 is 9.90 Å². The van der Waals surface area contributed by atoms with E-state index in [4.69, 9.17) is 5.11 Å². The fourth-order valence-electron chi connectivity index (χ4n) is 2.26. The van der Waals surface area contributed by atoms with Gasteiger partial charge in [0, 0.05) is 26.1 Å². The maximum atomic E-state index is 11.8. The number of hydrogen-bond donors (Lipinski definition) is 1. The van der Waals surface area contributed by atoms with Gasteiger partial charge in [-0.2, -0.15) is 0 Å². The lowest BCUT2D eigenvalue weighted by Gasteiger charge is -2.31. The highest BCUT2D eigenvalue weighted by atomic mass is 16.3. The van der Waals surface area contributed by atoms with Gasteiger partial charge in [0.05, 0.1) is 0 Å². The number of hydrogen-bond acceptors (Lipinski definition) is 2. The molecule has 0 aromatic carbocycles. The van der Waals surface area contributed by atoms with Crippen LogP contribution in [0.15, 0.2) is 0 Å². The van der Waals surface area contributed by atoms with Gasteiger partial charge in [0.25, 0.3) is 0 Å². The molecule has 1 aliphatic heterocycles. The van der Waals surface area contributed by atoms with Crippen molar-refractivity contribution in [2.75, 3.05) is 19.7 Å². The second-order valence-corrected chi connectivity index (χ2v) is 4.99. The van der Waals surface area contributed by atoms with Crippen LogP contribution < -0.4 is 0 Å². The Morgan fingerprint density at radius 1 is 1.13 bits per heavy atom. The molecular formula is C12H21NO2. The van der Waals surface area contributed by atoms with Crippen LogP contribution in [0, 0.1) is 11.8 Å². The maximum absolute atomic E-state index is 11.8. The van der Waals surface area contributed by atoms with E-state index in [0.29, 0.717) is 11.8 Å². The molecule has 1 amide bonds. The molecule has 1 heterocycles. The predicted octanol–water partition coefficient (Wildman–Crippen LogP) is 1.41. The van der Waals surface area contributed by atoms with Gasteiger partial charge >= 0.3 is 0 Å². The summed E-state index contributed by atoms with van der Waals surface area (Å²) in [6.45, 7) is 1.99. The highest BCUT2D eigenvalue weighted by Gasteiger charge is 2.25. The Morgan fingerprint density at radius 2 is 1.80 bits per heavy atom. The van der Waals surface area contributed by atoms with E-state index < -0.39 is 0 Å². The van der Waals surface area contributed by atoms with Crippen molar-refractivity contribution in [2.45, 2.75) is 38.5 Å². The molecule has 1 aliphatic carbocycles. The van der Waals surface area contributed by atoms with Gasteiger partial charge in [-0.05, 0) is 31.1 Å². The van der Waals surface area contributed by atoms with Gasteiger partial charge in [-0.15, -0.1) is 0 Å². The van der Waals surface area contributed by atoms with Crippen molar-refractivity contribution >= 4 is 5.91 Å². The fraction of sp³-hybridized carbons (Fsp3) is 0.917. The van der Waals surface area contributed by atoms with E-state index in [1.165, 1.54) is 12.8 Å². The summed E-state index contributed by atoms with van der Waals surface area (Å²) in [4.78, 5) is 13.8. The first-order chi connectivity index (χ1) is 7.29. The number of aliphatic hydroxyl groups excluding tert-OH is 1. The summed E-state index contributed by atoms with van der Waals surface area (Å²) in [5, 5.41) is 9.00. The second kappa shape index (κ2) is 4.97. The topological polar surface area (TPSA) is 40.5 Å². The van der Waals surface area contributed by atoms with Crippen LogP contribution in [-0.4, -0.2) is 35.6 Å². The molecule has 0 atom stereocenters.